The first kappa shape index (κ1) is 13.1. The van der Waals surface area contributed by atoms with Crippen molar-refractivity contribution in [2.45, 2.75) is 6.92 Å². The number of carboxylic acid groups (broad SMARTS) is 1. The fraction of sp³-hybridized carbons (Fsp3) is 0.133. The van der Waals surface area contributed by atoms with Crippen LogP contribution in [0.15, 0.2) is 36.4 Å². The maximum Gasteiger partial charge on any atom is 0.336 e. The zero-order valence-corrected chi connectivity index (χ0v) is 10.6. The molecule has 1 N–H and O–H groups in total. The van der Waals surface area contributed by atoms with Crippen molar-refractivity contribution in [1.29, 1.82) is 0 Å². The molecule has 0 aromatic heterocycles. The van der Waals surface area contributed by atoms with Crippen LogP contribution in [0.4, 0.5) is 4.39 Å². The van der Waals surface area contributed by atoms with Gasteiger partial charge in [0.1, 0.15) is 11.6 Å². The molecule has 19 heavy (non-hydrogen) atoms. The minimum absolute atomic E-state index is 0.0479. The predicted octanol–water partition coefficient (Wildman–Crippen LogP) is 3.51. The minimum atomic E-state index is -1.15. The van der Waals surface area contributed by atoms with Gasteiger partial charge in [-0.05, 0) is 47.9 Å². The quantitative estimate of drug-likeness (QED) is 0.918. The lowest BCUT2D eigenvalue weighted by molar-refractivity contribution is 0.0697. The largest absolute Gasteiger partial charge is 0.497 e. The molecule has 2 rings (SSSR count). The molecule has 3 nitrogen and oxygen atoms in total. The molecule has 0 saturated heterocycles. The smallest absolute Gasteiger partial charge is 0.336 e. The summed E-state index contributed by atoms with van der Waals surface area (Å²) in [6.07, 6.45) is 0. The molecule has 0 atom stereocenters. The van der Waals surface area contributed by atoms with E-state index in [-0.39, 0.29) is 5.56 Å². The van der Waals surface area contributed by atoms with Gasteiger partial charge >= 0.3 is 5.97 Å². The first-order valence-electron chi connectivity index (χ1n) is 5.71. The average molecular weight is 260 g/mol. The maximum absolute atomic E-state index is 13.5. The zero-order valence-electron chi connectivity index (χ0n) is 10.6. The van der Waals surface area contributed by atoms with Crippen molar-refractivity contribution in [3.63, 3.8) is 0 Å². The summed E-state index contributed by atoms with van der Waals surface area (Å²) in [5, 5.41) is 9.15. The summed E-state index contributed by atoms with van der Waals surface area (Å²) < 4.78 is 18.5. The number of carbonyl (C=O) groups is 1. The van der Waals surface area contributed by atoms with E-state index in [0.717, 1.165) is 6.07 Å². The molecule has 0 aliphatic heterocycles. The summed E-state index contributed by atoms with van der Waals surface area (Å²) in [5.41, 5.74) is 1.57. The van der Waals surface area contributed by atoms with Crippen LogP contribution in [0, 0.1) is 12.7 Å². The fourth-order valence-corrected chi connectivity index (χ4v) is 1.87. The highest BCUT2D eigenvalue weighted by Gasteiger charge is 2.14. The fourth-order valence-electron chi connectivity index (χ4n) is 1.87. The van der Waals surface area contributed by atoms with Gasteiger partial charge in [-0.3, -0.25) is 0 Å². The second kappa shape index (κ2) is 5.10. The number of benzene rings is 2. The summed E-state index contributed by atoms with van der Waals surface area (Å²) >= 11 is 0. The summed E-state index contributed by atoms with van der Waals surface area (Å²) in [4.78, 5) is 11.2. The van der Waals surface area contributed by atoms with E-state index < -0.39 is 11.8 Å². The second-order valence-electron chi connectivity index (χ2n) is 4.18. The Morgan fingerprint density at radius 1 is 1.21 bits per heavy atom. The normalized spacial score (nSPS) is 10.3. The molecule has 0 amide bonds. The van der Waals surface area contributed by atoms with E-state index in [1.54, 1.807) is 44.4 Å². The molecule has 2 aromatic carbocycles. The Balaban J connectivity index is 2.59. The minimum Gasteiger partial charge on any atom is -0.497 e. The van der Waals surface area contributed by atoms with Crippen LogP contribution >= 0.6 is 0 Å². The third-order valence-corrected chi connectivity index (χ3v) is 2.93. The number of methoxy groups -OCH3 is 1. The molecule has 2 aromatic rings. The number of carboxylic acids is 1. The van der Waals surface area contributed by atoms with Gasteiger partial charge in [-0.2, -0.15) is 0 Å². The van der Waals surface area contributed by atoms with E-state index in [1.165, 1.54) is 0 Å². The van der Waals surface area contributed by atoms with Crippen molar-refractivity contribution in [1.82, 2.24) is 0 Å². The van der Waals surface area contributed by atoms with E-state index in [4.69, 9.17) is 9.84 Å². The van der Waals surface area contributed by atoms with Crippen LogP contribution in [-0.4, -0.2) is 18.2 Å². The Morgan fingerprint density at radius 2 is 1.84 bits per heavy atom. The van der Waals surface area contributed by atoms with Crippen LogP contribution < -0.4 is 4.74 Å². The monoisotopic (exact) mass is 260 g/mol. The highest BCUT2D eigenvalue weighted by molar-refractivity contribution is 5.96. The maximum atomic E-state index is 13.5. The number of aryl methyl sites for hydroxylation is 1. The number of rotatable bonds is 3. The lowest BCUT2D eigenvalue weighted by Crippen LogP contribution is -2.02. The van der Waals surface area contributed by atoms with E-state index in [2.05, 4.69) is 0 Å². The van der Waals surface area contributed by atoms with Gasteiger partial charge in [-0.25, -0.2) is 9.18 Å². The third kappa shape index (κ3) is 2.57. The molecule has 0 aliphatic rings. The first-order chi connectivity index (χ1) is 9.02. The summed E-state index contributed by atoms with van der Waals surface area (Å²) in [7, 11) is 1.56. The molecule has 0 saturated carbocycles. The first-order valence-corrected chi connectivity index (χ1v) is 5.71. The Bertz CT molecular complexity index is 618. The zero-order chi connectivity index (χ0) is 14.0. The summed E-state index contributed by atoms with van der Waals surface area (Å²) in [6, 6.07) is 9.56. The lowest BCUT2D eigenvalue weighted by Gasteiger charge is -2.09. The van der Waals surface area contributed by atoms with Crippen LogP contribution in [0.2, 0.25) is 0 Å². The number of halogens is 1. The topological polar surface area (TPSA) is 46.5 Å². The lowest BCUT2D eigenvalue weighted by atomic mass is 9.97. The Labute approximate surface area is 110 Å². The number of aromatic carboxylic acids is 1. The number of hydrogen-bond acceptors (Lipinski definition) is 2. The molecular formula is C15H13FO3. The van der Waals surface area contributed by atoms with E-state index in [9.17, 15) is 9.18 Å². The van der Waals surface area contributed by atoms with Gasteiger partial charge in [0.2, 0.25) is 0 Å². The molecular weight excluding hydrogens is 247 g/mol. The van der Waals surface area contributed by atoms with Crippen molar-refractivity contribution in [2.75, 3.05) is 7.11 Å². The van der Waals surface area contributed by atoms with Gasteiger partial charge in [-0.15, -0.1) is 0 Å². The second-order valence-corrected chi connectivity index (χ2v) is 4.18. The molecule has 0 fully saturated rings. The third-order valence-electron chi connectivity index (χ3n) is 2.93. The van der Waals surface area contributed by atoms with E-state index >= 15 is 0 Å². The molecule has 0 spiro atoms. The molecule has 0 unspecified atom stereocenters. The molecule has 98 valence electrons. The van der Waals surface area contributed by atoms with Crippen molar-refractivity contribution < 1.29 is 19.0 Å². The Hall–Kier alpha value is -2.36. The van der Waals surface area contributed by atoms with Crippen LogP contribution in [-0.2, 0) is 0 Å². The van der Waals surface area contributed by atoms with Crippen LogP contribution in [0.1, 0.15) is 15.9 Å². The molecule has 4 heteroatoms. The van der Waals surface area contributed by atoms with Crippen molar-refractivity contribution in [3.8, 4) is 16.9 Å². The van der Waals surface area contributed by atoms with Gasteiger partial charge in [0.15, 0.2) is 0 Å². The number of hydrogen-bond donors (Lipinski definition) is 1. The molecule has 0 bridgehead atoms. The van der Waals surface area contributed by atoms with Crippen molar-refractivity contribution >= 4 is 5.97 Å². The van der Waals surface area contributed by atoms with Crippen LogP contribution in [0.25, 0.3) is 11.1 Å². The van der Waals surface area contributed by atoms with Gasteiger partial charge < -0.3 is 9.84 Å². The summed E-state index contributed by atoms with van der Waals surface area (Å²) in [6.45, 7) is 1.61. The Kier molecular flexibility index (Phi) is 3.51. The van der Waals surface area contributed by atoms with E-state index in [0.29, 0.717) is 22.4 Å². The highest BCUT2D eigenvalue weighted by Crippen LogP contribution is 2.28. The van der Waals surface area contributed by atoms with Crippen molar-refractivity contribution in [2.24, 2.45) is 0 Å². The summed E-state index contributed by atoms with van der Waals surface area (Å²) in [5.74, 6) is -0.987. The number of ether oxygens (including phenoxy) is 1. The van der Waals surface area contributed by atoms with Gasteiger partial charge in [0.05, 0.1) is 12.7 Å². The molecule has 0 radical (unpaired) electrons. The van der Waals surface area contributed by atoms with Gasteiger partial charge in [-0.1, -0.05) is 12.1 Å². The average Bonchev–Trinajstić information content (AvgIpc) is 2.41. The molecule has 0 heterocycles. The molecule has 0 aliphatic carbocycles. The van der Waals surface area contributed by atoms with Crippen molar-refractivity contribution in [3.05, 3.63) is 53.3 Å². The van der Waals surface area contributed by atoms with Crippen LogP contribution in [0.3, 0.4) is 0 Å². The van der Waals surface area contributed by atoms with E-state index in [1.807, 2.05) is 0 Å². The van der Waals surface area contributed by atoms with Gasteiger partial charge in [0, 0.05) is 0 Å². The van der Waals surface area contributed by atoms with Gasteiger partial charge in [0.25, 0.3) is 0 Å². The predicted molar refractivity (Wildman–Crippen MR) is 70.1 cm³/mol. The van der Waals surface area contributed by atoms with Crippen LogP contribution in [0.5, 0.6) is 5.75 Å². The standard InChI is InChI=1S/C15H13FO3/c1-9-7-12(13(15(17)18)8-14(9)16)10-3-5-11(19-2)6-4-10/h3-8H,1-2H3,(H,17,18). The Morgan fingerprint density at radius 3 is 2.37 bits per heavy atom. The highest BCUT2D eigenvalue weighted by atomic mass is 19.1. The SMILES string of the molecule is COc1ccc(-c2cc(C)c(F)cc2C(=O)O)cc1.